The minimum Gasteiger partial charge on any atom is -0.391 e. The summed E-state index contributed by atoms with van der Waals surface area (Å²) in [5, 5.41) is 0. The molecule has 5 nitrogen and oxygen atoms in total. The zero-order valence-electron chi connectivity index (χ0n) is 10.5. The molecule has 1 aliphatic heterocycles. The molecule has 1 unspecified atom stereocenters. The Kier molecular flexibility index (Phi) is 2.95. The largest absolute Gasteiger partial charge is 0.391 e. The summed E-state index contributed by atoms with van der Waals surface area (Å²) in [7, 11) is 0. The molecule has 1 fully saturated rings. The van der Waals surface area contributed by atoms with Crippen LogP contribution in [0.25, 0.3) is 0 Å². The number of anilines is 2. The van der Waals surface area contributed by atoms with Gasteiger partial charge in [0.25, 0.3) is 5.56 Å². The van der Waals surface area contributed by atoms with Crippen LogP contribution in [-0.4, -0.2) is 23.1 Å². The van der Waals surface area contributed by atoms with E-state index in [1.165, 1.54) is 11.9 Å². The van der Waals surface area contributed by atoms with Gasteiger partial charge in [0.05, 0.1) is 6.33 Å². The molecule has 0 spiro atoms. The van der Waals surface area contributed by atoms with Crippen molar-refractivity contribution in [2.45, 2.75) is 12.3 Å². The lowest BCUT2D eigenvalue weighted by molar-refractivity contribution is 0.774. The van der Waals surface area contributed by atoms with Crippen molar-refractivity contribution in [1.82, 2.24) is 9.97 Å². The lowest BCUT2D eigenvalue weighted by Crippen LogP contribution is -2.25. The van der Waals surface area contributed by atoms with Crippen molar-refractivity contribution >= 4 is 11.5 Å². The predicted octanol–water partition coefficient (Wildman–Crippen LogP) is 1.35. The molecule has 3 N–H and O–H groups in total. The van der Waals surface area contributed by atoms with Crippen LogP contribution in [-0.2, 0) is 0 Å². The second-order valence-electron chi connectivity index (χ2n) is 4.81. The number of nitrogens with one attached hydrogen (secondary N) is 1. The van der Waals surface area contributed by atoms with E-state index in [4.69, 9.17) is 5.73 Å². The fraction of sp³-hybridized carbons (Fsp3) is 0.286. The number of aromatic amines is 1. The molecule has 1 atom stereocenters. The minimum absolute atomic E-state index is 0.205. The standard InChI is InChI=1S/C14H16N4O/c15-12-13(16-9-17-14(12)19)18-7-6-11(8-18)10-4-2-1-3-5-10/h1-5,9,11H,6-8,15H2,(H,16,17,19). The number of nitrogens with zero attached hydrogens (tertiary/aromatic N) is 2. The molecule has 5 heteroatoms. The fourth-order valence-corrected chi connectivity index (χ4v) is 2.60. The van der Waals surface area contributed by atoms with Gasteiger partial charge >= 0.3 is 0 Å². The van der Waals surface area contributed by atoms with Crippen molar-refractivity contribution < 1.29 is 0 Å². The molecule has 1 saturated heterocycles. The van der Waals surface area contributed by atoms with E-state index in [2.05, 4.69) is 39.1 Å². The van der Waals surface area contributed by atoms with Crippen LogP contribution in [0.5, 0.6) is 0 Å². The van der Waals surface area contributed by atoms with Crippen LogP contribution < -0.4 is 16.2 Å². The van der Waals surface area contributed by atoms with Gasteiger partial charge in [0.15, 0.2) is 5.82 Å². The van der Waals surface area contributed by atoms with E-state index in [0.717, 1.165) is 19.5 Å². The third kappa shape index (κ3) is 2.19. The van der Waals surface area contributed by atoms with Crippen LogP contribution >= 0.6 is 0 Å². The first-order chi connectivity index (χ1) is 9.25. The normalized spacial score (nSPS) is 18.7. The van der Waals surface area contributed by atoms with Gasteiger partial charge in [-0.15, -0.1) is 0 Å². The number of aromatic nitrogens is 2. The van der Waals surface area contributed by atoms with E-state index in [-0.39, 0.29) is 11.2 Å². The van der Waals surface area contributed by atoms with E-state index in [1.54, 1.807) is 0 Å². The molecule has 1 aliphatic rings. The van der Waals surface area contributed by atoms with Gasteiger partial charge < -0.3 is 15.6 Å². The van der Waals surface area contributed by atoms with E-state index in [9.17, 15) is 4.79 Å². The first kappa shape index (κ1) is 11.8. The maximum Gasteiger partial charge on any atom is 0.276 e. The quantitative estimate of drug-likeness (QED) is 0.850. The van der Waals surface area contributed by atoms with E-state index in [0.29, 0.717) is 11.7 Å². The van der Waals surface area contributed by atoms with Crippen LogP contribution in [0.2, 0.25) is 0 Å². The Labute approximate surface area is 111 Å². The van der Waals surface area contributed by atoms with Crippen molar-refractivity contribution in [1.29, 1.82) is 0 Å². The summed E-state index contributed by atoms with van der Waals surface area (Å²) < 4.78 is 0. The third-order valence-electron chi connectivity index (χ3n) is 3.63. The number of rotatable bonds is 2. The zero-order chi connectivity index (χ0) is 13.2. The molecule has 19 heavy (non-hydrogen) atoms. The van der Waals surface area contributed by atoms with Crippen molar-refractivity contribution in [3.63, 3.8) is 0 Å². The van der Waals surface area contributed by atoms with Gasteiger partial charge in [0.1, 0.15) is 5.69 Å². The highest BCUT2D eigenvalue weighted by Crippen LogP contribution is 2.30. The van der Waals surface area contributed by atoms with Crippen LogP contribution in [0.15, 0.2) is 41.5 Å². The van der Waals surface area contributed by atoms with Gasteiger partial charge in [-0.05, 0) is 12.0 Å². The average molecular weight is 256 g/mol. The van der Waals surface area contributed by atoms with Crippen LogP contribution in [0, 0.1) is 0 Å². The van der Waals surface area contributed by atoms with Gasteiger partial charge in [-0.3, -0.25) is 4.79 Å². The molecule has 0 amide bonds. The lowest BCUT2D eigenvalue weighted by Gasteiger charge is -2.18. The Bertz CT molecular complexity index is 623. The molecule has 0 bridgehead atoms. The molecule has 1 aromatic heterocycles. The van der Waals surface area contributed by atoms with Gasteiger partial charge in [-0.1, -0.05) is 30.3 Å². The highest BCUT2D eigenvalue weighted by atomic mass is 16.1. The first-order valence-corrected chi connectivity index (χ1v) is 6.39. The zero-order valence-corrected chi connectivity index (χ0v) is 10.5. The number of hydrogen-bond acceptors (Lipinski definition) is 4. The molecular formula is C14H16N4O. The topological polar surface area (TPSA) is 75.0 Å². The monoisotopic (exact) mass is 256 g/mol. The molecule has 3 rings (SSSR count). The fourth-order valence-electron chi connectivity index (χ4n) is 2.60. The second kappa shape index (κ2) is 4.76. The first-order valence-electron chi connectivity index (χ1n) is 6.39. The van der Waals surface area contributed by atoms with Crippen molar-refractivity contribution in [2.75, 3.05) is 23.7 Å². The Balaban J connectivity index is 1.83. The Hall–Kier alpha value is -2.30. The number of benzene rings is 1. The molecule has 98 valence electrons. The van der Waals surface area contributed by atoms with Gasteiger partial charge in [-0.25, -0.2) is 4.98 Å². The Morgan fingerprint density at radius 3 is 2.89 bits per heavy atom. The Morgan fingerprint density at radius 2 is 2.11 bits per heavy atom. The molecule has 2 aromatic rings. The van der Waals surface area contributed by atoms with E-state index < -0.39 is 0 Å². The third-order valence-corrected chi connectivity index (χ3v) is 3.63. The number of H-pyrrole nitrogens is 1. The van der Waals surface area contributed by atoms with Crippen LogP contribution in [0.1, 0.15) is 17.9 Å². The van der Waals surface area contributed by atoms with Crippen molar-refractivity contribution in [3.05, 3.63) is 52.6 Å². The SMILES string of the molecule is Nc1c(N2CCC(c3ccccc3)C2)nc[nH]c1=O. The van der Waals surface area contributed by atoms with Crippen molar-refractivity contribution in [2.24, 2.45) is 0 Å². The highest BCUT2D eigenvalue weighted by molar-refractivity contribution is 5.61. The van der Waals surface area contributed by atoms with Crippen molar-refractivity contribution in [3.8, 4) is 0 Å². The Morgan fingerprint density at radius 1 is 1.32 bits per heavy atom. The van der Waals surface area contributed by atoms with E-state index >= 15 is 0 Å². The summed E-state index contributed by atoms with van der Waals surface area (Å²) in [6.45, 7) is 1.73. The maximum absolute atomic E-state index is 11.5. The summed E-state index contributed by atoms with van der Waals surface area (Å²) in [5.41, 5.74) is 7.06. The van der Waals surface area contributed by atoms with E-state index in [1.807, 2.05) is 6.07 Å². The second-order valence-corrected chi connectivity index (χ2v) is 4.81. The van der Waals surface area contributed by atoms with Gasteiger partial charge in [0, 0.05) is 19.0 Å². The highest BCUT2D eigenvalue weighted by Gasteiger charge is 2.26. The molecular weight excluding hydrogens is 240 g/mol. The molecule has 0 radical (unpaired) electrons. The molecule has 0 aliphatic carbocycles. The summed E-state index contributed by atoms with van der Waals surface area (Å²) >= 11 is 0. The number of nitrogen functional groups attached to an aromatic ring is 1. The van der Waals surface area contributed by atoms with Crippen LogP contribution in [0.3, 0.4) is 0 Å². The summed E-state index contributed by atoms with van der Waals surface area (Å²) in [4.78, 5) is 20.3. The maximum atomic E-state index is 11.5. The molecule has 2 heterocycles. The smallest absolute Gasteiger partial charge is 0.276 e. The van der Waals surface area contributed by atoms with Gasteiger partial charge in [0.2, 0.25) is 0 Å². The number of hydrogen-bond donors (Lipinski definition) is 2. The van der Waals surface area contributed by atoms with Crippen LogP contribution in [0.4, 0.5) is 11.5 Å². The lowest BCUT2D eigenvalue weighted by atomic mass is 9.99. The molecule has 1 aromatic carbocycles. The predicted molar refractivity (Wildman–Crippen MR) is 75.3 cm³/mol. The molecule has 0 saturated carbocycles. The summed E-state index contributed by atoms with van der Waals surface area (Å²) in [6, 6.07) is 10.4. The average Bonchev–Trinajstić information content (AvgIpc) is 2.92. The number of nitrogens with two attached hydrogens (primary N) is 1. The summed E-state index contributed by atoms with van der Waals surface area (Å²) in [5.74, 6) is 1.07. The minimum atomic E-state index is -0.270. The van der Waals surface area contributed by atoms with Gasteiger partial charge in [-0.2, -0.15) is 0 Å². The summed E-state index contributed by atoms with van der Waals surface area (Å²) in [6.07, 6.45) is 2.46.